The molecule has 1 amide bonds. The van der Waals surface area contributed by atoms with Crippen molar-refractivity contribution >= 4 is 46.9 Å². The molecule has 168 valence electrons. The molecule has 32 heavy (non-hydrogen) atoms. The highest BCUT2D eigenvalue weighted by Gasteiger charge is 2.21. The number of anilines is 1. The molecule has 0 aliphatic heterocycles. The number of nitrogens with zero attached hydrogens (tertiary/aromatic N) is 5. The molecule has 2 aromatic heterocycles. The molecule has 1 aromatic carbocycles. The Morgan fingerprint density at radius 1 is 1.09 bits per heavy atom. The third kappa shape index (κ3) is 5.24. The van der Waals surface area contributed by atoms with Gasteiger partial charge in [0.25, 0.3) is 5.91 Å². The lowest BCUT2D eigenvalue weighted by atomic mass is 10.1. The van der Waals surface area contributed by atoms with E-state index < -0.39 is 23.6 Å². The van der Waals surface area contributed by atoms with Crippen LogP contribution in [0.25, 0.3) is 5.69 Å². The quantitative estimate of drug-likeness (QED) is 0.560. The number of nitrogens with one attached hydrogen (secondary N) is 1. The summed E-state index contributed by atoms with van der Waals surface area (Å²) in [6.07, 6.45) is 3.38. The second kappa shape index (κ2) is 8.97. The molecule has 0 spiro atoms. The van der Waals surface area contributed by atoms with E-state index in [1.807, 2.05) is 0 Å². The highest BCUT2D eigenvalue weighted by Crippen LogP contribution is 2.30. The summed E-state index contributed by atoms with van der Waals surface area (Å²) in [7, 11) is 1.19. The third-order valence-electron chi connectivity index (χ3n) is 3.85. The number of hydrogen-bond donors (Lipinski definition) is 1. The zero-order valence-electron chi connectivity index (χ0n) is 17.4. The van der Waals surface area contributed by atoms with E-state index in [0.29, 0.717) is 5.69 Å². The van der Waals surface area contributed by atoms with Crippen LogP contribution in [0.3, 0.4) is 0 Å². The summed E-state index contributed by atoms with van der Waals surface area (Å²) in [5.41, 5.74) is -0.288. The molecule has 3 rings (SSSR count). The van der Waals surface area contributed by atoms with Gasteiger partial charge in [-0.2, -0.15) is 9.78 Å². The number of carbonyl (C=O) groups is 3. The van der Waals surface area contributed by atoms with Crippen molar-refractivity contribution in [1.82, 2.24) is 24.8 Å². The van der Waals surface area contributed by atoms with Gasteiger partial charge in [-0.3, -0.25) is 4.79 Å². The number of hydrogen-bond acceptors (Lipinski definition) is 8. The van der Waals surface area contributed by atoms with Crippen molar-refractivity contribution in [2.75, 3.05) is 12.4 Å². The molecule has 11 nitrogen and oxygen atoms in total. The highest BCUT2D eigenvalue weighted by atomic mass is 35.5. The Labute approximate surface area is 192 Å². The van der Waals surface area contributed by atoms with Crippen molar-refractivity contribution in [2.45, 2.75) is 26.4 Å². The maximum absolute atomic E-state index is 12.6. The van der Waals surface area contributed by atoms with Crippen molar-refractivity contribution in [3.63, 3.8) is 0 Å². The molecule has 0 aliphatic carbocycles. The Morgan fingerprint density at radius 2 is 1.78 bits per heavy atom. The molecule has 0 aliphatic rings. The van der Waals surface area contributed by atoms with Crippen molar-refractivity contribution < 1.29 is 23.9 Å². The van der Waals surface area contributed by atoms with Crippen molar-refractivity contribution in [1.29, 1.82) is 0 Å². The van der Waals surface area contributed by atoms with Gasteiger partial charge < -0.3 is 14.8 Å². The minimum absolute atomic E-state index is 0.0151. The van der Waals surface area contributed by atoms with Crippen LogP contribution in [0.2, 0.25) is 10.0 Å². The first-order valence-corrected chi connectivity index (χ1v) is 9.83. The fraction of sp³-hybridized carbons (Fsp3) is 0.263. The molecule has 0 saturated carbocycles. The lowest BCUT2D eigenvalue weighted by Crippen LogP contribution is -2.27. The van der Waals surface area contributed by atoms with Gasteiger partial charge in [0.05, 0.1) is 47.0 Å². The van der Waals surface area contributed by atoms with Gasteiger partial charge in [-0.25, -0.2) is 14.3 Å². The summed E-state index contributed by atoms with van der Waals surface area (Å²) in [5, 5.41) is 14.4. The molecule has 0 radical (unpaired) electrons. The molecule has 0 saturated heterocycles. The molecule has 0 atom stereocenters. The fourth-order valence-electron chi connectivity index (χ4n) is 2.45. The summed E-state index contributed by atoms with van der Waals surface area (Å²) in [6, 6.07) is 2.61. The van der Waals surface area contributed by atoms with Crippen LogP contribution in [0.1, 0.15) is 41.6 Å². The smallest absolute Gasteiger partial charge is 0.435 e. The maximum Gasteiger partial charge on any atom is 0.435 e. The van der Waals surface area contributed by atoms with Gasteiger partial charge in [-0.1, -0.05) is 28.4 Å². The number of aromatic nitrogens is 5. The van der Waals surface area contributed by atoms with Crippen molar-refractivity contribution in [3.8, 4) is 5.69 Å². The van der Waals surface area contributed by atoms with Crippen molar-refractivity contribution in [2.24, 2.45) is 0 Å². The van der Waals surface area contributed by atoms with E-state index in [1.54, 1.807) is 20.8 Å². The first-order chi connectivity index (χ1) is 15.0. The van der Waals surface area contributed by atoms with Crippen LogP contribution < -0.4 is 5.32 Å². The van der Waals surface area contributed by atoms with Crippen LogP contribution in [0.4, 0.5) is 10.5 Å². The van der Waals surface area contributed by atoms with E-state index in [9.17, 15) is 14.4 Å². The van der Waals surface area contributed by atoms with Gasteiger partial charge in [0.2, 0.25) is 0 Å². The predicted octanol–water partition coefficient (Wildman–Crippen LogP) is 3.59. The number of esters is 1. The number of ether oxygens (including phenoxy) is 2. The number of halogens is 2. The molecular formula is C19H18Cl2N6O5. The number of methoxy groups -OCH3 is 1. The average molecular weight is 481 g/mol. The highest BCUT2D eigenvalue weighted by molar-refractivity contribution is 6.42. The minimum atomic E-state index is -0.711. The number of rotatable bonds is 4. The molecule has 0 unspecified atom stereocenters. The summed E-state index contributed by atoms with van der Waals surface area (Å²) in [5.74, 6) is -1.38. The Balaban J connectivity index is 1.80. The molecule has 3 aromatic rings. The predicted molar refractivity (Wildman–Crippen MR) is 115 cm³/mol. The third-order valence-corrected chi connectivity index (χ3v) is 4.58. The van der Waals surface area contributed by atoms with Crippen LogP contribution in [0.5, 0.6) is 0 Å². The number of amides is 1. The fourth-order valence-corrected chi connectivity index (χ4v) is 2.78. The van der Waals surface area contributed by atoms with E-state index in [0.717, 1.165) is 4.68 Å². The lowest BCUT2D eigenvalue weighted by Gasteiger charge is -2.18. The lowest BCUT2D eigenvalue weighted by molar-refractivity contribution is 0.0513. The van der Waals surface area contributed by atoms with Crippen LogP contribution in [0.15, 0.2) is 30.7 Å². The van der Waals surface area contributed by atoms with Crippen LogP contribution in [0, 0.1) is 0 Å². The van der Waals surface area contributed by atoms with Gasteiger partial charge in [0.1, 0.15) is 11.3 Å². The number of carbonyl (C=O) groups excluding carboxylic acids is 3. The zero-order chi connectivity index (χ0) is 23.6. The topological polar surface area (TPSA) is 130 Å². The largest absolute Gasteiger partial charge is 0.465 e. The van der Waals surface area contributed by atoms with Gasteiger partial charge in [-0.15, -0.1) is 5.10 Å². The van der Waals surface area contributed by atoms with Crippen LogP contribution in [-0.4, -0.2) is 55.5 Å². The Bertz CT molecular complexity index is 1200. The maximum atomic E-state index is 12.6. The molecule has 0 fully saturated rings. The average Bonchev–Trinajstić information content (AvgIpc) is 3.38. The monoisotopic (exact) mass is 480 g/mol. The molecular weight excluding hydrogens is 463 g/mol. The summed E-state index contributed by atoms with van der Waals surface area (Å²) < 4.78 is 12.2. The van der Waals surface area contributed by atoms with Gasteiger partial charge >= 0.3 is 12.1 Å². The molecule has 2 heterocycles. The Morgan fingerprint density at radius 3 is 2.44 bits per heavy atom. The van der Waals surface area contributed by atoms with E-state index in [1.165, 1.54) is 42.5 Å². The van der Waals surface area contributed by atoms with E-state index >= 15 is 0 Å². The first-order valence-electron chi connectivity index (χ1n) is 9.08. The molecule has 1 N–H and O–H groups in total. The first kappa shape index (κ1) is 23.2. The summed E-state index contributed by atoms with van der Waals surface area (Å²) >= 11 is 12.0. The van der Waals surface area contributed by atoms with Gasteiger partial charge in [0, 0.05) is 0 Å². The zero-order valence-corrected chi connectivity index (χ0v) is 18.9. The minimum Gasteiger partial charge on any atom is -0.465 e. The number of benzene rings is 1. The van der Waals surface area contributed by atoms with Gasteiger partial charge in [-0.05, 0) is 32.9 Å². The SMILES string of the molecule is COC(=O)c1cc(Cl)c(Cl)cc1NC(=O)c1cn(-c2cnn(C(=O)OC(C)(C)C)c2)nn1. The summed E-state index contributed by atoms with van der Waals surface area (Å²) in [6.45, 7) is 5.20. The van der Waals surface area contributed by atoms with E-state index in [-0.39, 0.29) is 27.0 Å². The van der Waals surface area contributed by atoms with E-state index in [4.69, 9.17) is 32.7 Å². The summed E-state index contributed by atoms with van der Waals surface area (Å²) in [4.78, 5) is 36.7. The second-order valence-corrected chi connectivity index (χ2v) is 8.24. The second-order valence-electron chi connectivity index (χ2n) is 7.43. The molecule has 13 heteroatoms. The standard InChI is InChI=1S/C19H18Cl2N6O5/c1-19(2,3)32-18(30)27-8-10(7-22-27)26-9-15(24-25-26)16(28)23-14-6-13(21)12(20)5-11(14)17(29)31-4/h5-9H,1-4H3,(H,23,28). The van der Waals surface area contributed by atoms with Crippen LogP contribution in [-0.2, 0) is 9.47 Å². The normalized spacial score (nSPS) is 11.2. The Kier molecular flexibility index (Phi) is 6.51. The molecule has 0 bridgehead atoms. The van der Waals surface area contributed by atoms with E-state index in [2.05, 4.69) is 20.7 Å². The van der Waals surface area contributed by atoms with Crippen molar-refractivity contribution in [3.05, 3.63) is 52.0 Å². The van der Waals surface area contributed by atoms with Gasteiger partial charge in [0.15, 0.2) is 5.69 Å². The van der Waals surface area contributed by atoms with Crippen LogP contribution >= 0.6 is 23.2 Å². The Hall–Kier alpha value is -3.44.